The maximum absolute atomic E-state index is 11.3. The number of hydrogen-bond donors (Lipinski definition) is 2. The number of aliphatic hydroxyl groups excluding tert-OH is 1. The summed E-state index contributed by atoms with van der Waals surface area (Å²) in [6, 6.07) is 21.8. The highest BCUT2D eigenvalue weighted by molar-refractivity contribution is 6.32. The van der Waals surface area contributed by atoms with Gasteiger partial charge in [-0.15, -0.1) is 0 Å². The van der Waals surface area contributed by atoms with Gasteiger partial charge >= 0.3 is 0 Å². The molecule has 262 valence electrons. The Balaban J connectivity index is 1.25. The molecule has 1 fully saturated rings. The first-order valence-electron chi connectivity index (χ1n) is 17.1. The second-order valence-corrected chi connectivity index (χ2v) is 13.1. The van der Waals surface area contributed by atoms with E-state index >= 15 is 0 Å². The van der Waals surface area contributed by atoms with Crippen molar-refractivity contribution in [1.29, 1.82) is 5.26 Å². The van der Waals surface area contributed by atoms with Crippen molar-refractivity contribution in [2.45, 2.75) is 65.4 Å². The highest BCUT2D eigenvalue weighted by Crippen LogP contribution is 2.35. The molecule has 0 radical (unpaired) electrons. The van der Waals surface area contributed by atoms with Gasteiger partial charge in [0.25, 0.3) is 0 Å². The summed E-state index contributed by atoms with van der Waals surface area (Å²) in [6.45, 7) is 8.61. The zero-order chi connectivity index (χ0) is 35.3. The molecule has 1 aliphatic heterocycles. The predicted molar refractivity (Wildman–Crippen MR) is 194 cm³/mol. The maximum Gasteiger partial charge on any atom is 0.142 e. The van der Waals surface area contributed by atoms with Crippen LogP contribution in [0.1, 0.15) is 60.4 Å². The normalized spacial score (nSPS) is 14.3. The van der Waals surface area contributed by atoms with Crippen LogP contribution in [0.4, 0.5) is 0 Å². The van der Waals surface area contributed by atoms with E-state index in [2.05, 4.69) is 46.4 Å². The number of Topliss-reactive ketones (excluding diaryl/α,β-unsaturated/α-hetero) is 1. The molecule has 10 heteroatoms. The number of nitrogens with one attached hydrogen (secondary N) is 1. The van der Waals surface area contributed by atoms with E-state index in [0.717, 1.165) is 78.0 Å². The minimum Gasteiger partial charge on any atom is -0.494 e. The fourth-order valence-corrected chi connectivity index (χ4v) is 6.23. The third-order valence-electron chi connectivity index (χ3n) is 8.74. The molecule has 0 saturated carbocycles. The lowest BCUT2D eigenvalue weighted by Crippen LogP contribution is -2.24. The summed E-state index contributed by atoms with van der Waals surface area (Å²) >= 11 is 6.76. The molecule has 1 atom stereocenters. The van der Waals surface area contributed by atoms with E-state index in [1.54, 1.807) is 19.2 Å². The van der Waals surface area contributed by atoms with Crippen LogP contribution >= 0.6 is 11.6 Å². The van der Waals surface area contributed by atoms with Gasteiger partial charge in [-0.1, -0.05) is 41.9 Å². The third kappa shape index (κ3) is 10.8. The summed E-state index contributed by atoms with van der Waals surface area (Å²) < 4.78 is 18.6. The van der Waals surface area contributed by atoms with E-state index in [0.29, 0.717) is 54.8 Å². The van der Waals surface area contributed by atoms with Gasteiger partial charge in [-0.3, -0.25) is 4.98 Å². The number of ketones is 1. The van der Waals surface area contributed by atoms with Gasteiger partial charge in [0, 0.05) is 62.2 Å². The molecule has 4 aromatic rings. The van der Waals surface area contributed by atoms with Gasteiger partial charge in [0.2, 0.25) is 0 Å². The Morgan fingerprint density at radius 1 is 1.04 bits per heavy atom. The standard InChI is InChI=1S/C40H45ClN4O5/c1-28(46)7-5-13-43-24-34-19-38(41)40(20-39(34)49-26-31-17-30(21-42)22-44-23-31)50-27-33-9-4-11-37(29(33)2)32-8-3-10-36(18-32)48-16-6-14-45-15-12-35(47)25-45/h3-4,8-11,17-20,22-23,35,43,47H,5-7,12-16,24-27H2,1-2H3/t35-/m1/s1. The van der Waals surface area contributed by atoms with Gasteiger partial charge in [-0.25, -0.2) is 0 Å². The van der Waals surface area contributed by atoms with Gasteiger partial charge in [0.1, 0.15) is 42.3 Å². The Labute approximate surface area is 299 Å². The van der Waals surface area contributed by atoms with Crippen molar-refractivity contribution in [2.24, 2.45) is 0 Å². The zero-order valence-electron chi connectivity index (χ0n) is 28.8. The molecule has 1 saturated heterocycles. The minimum absolute atomic E-state index is 0.166. The molecule has 1 aliphatic rings. The van der Waals surface area contributed by atoms with E-state index in [-0.39, 0.29) is 18.5 Å². The van der Waals surface area contributed by atoms with Gasteiger partial charge in [-0.2, -0.15) is 5.26 Å². The predicted octanol–water partition coefficient (Wildman–Crippen LogP) is 7.03. The first-order chi connectivity index (χ1) is 24.3. The summed E-state index contributed by atoms with van der Waals surface area (Å²) in [6.07, 6.45) is 6.01. The number of nitrogens with zero attached hydrogens (tertiary/aromatic N) is 3. The van der Waals surface area contributed by atoms with Crippen LogP contribution in [0.15, 0.2) is 73.1 Å². The van der Waals surface area contributed by atoms with E-state index < -0.39 is 0 Å². The van der Waals surface area contributed by atoms with Gasteiger partial charge in [0.15, 0.2) is 0 Å². The lowest BCUT2D eigenvalue weighted by atomic mass is 9.96. The second kappa shape index (κ2) is 18.5. The lowest BCUT2D eigenvalue weighted by molar-refractivity contribution is -0.117. The average molecular weight is 697 g/mol. The number of carbonyl (C=O) groups is 1. The van der Waals surface area contributed by atoms with Crippen molar-refractivity contribution in [3.63, 3.8) is 0 Å². The molecule has 0 bridgehead atoms. The van der Waals surface area contributed by atoms with Crippen molar-refractivity contribution < 1.29 is 24.1 Å². The molecule has 1 aromatic heterocycles. The number of halogens is 1. The van der Waals surface area contributed by atoms with Crippen LogP contribution in [0.3, 0.4) is 0 Å². The van der Waals surface area contributed by atoms with E-state index in [1.165, 1.54) is 6.20 Å². The number of likely N-dealkylation sites (tertiary alicyclic amines) is 1. The average Bonchev–Trinajstić information content (AvgIpc) is 3.54. The van der Waals surface area contributed by atoms with Crippen molar-refractivity contribution in [1.82, 2.24) is 15.2 Å². The van der Waals surface area contributed by atoms with Gasteiger partial charge in [-0.05, 0) is 86.2 Å². The summed E-state index contributed by atoms with van der Waals surface area (Å²) in [4.78, 5) is 17.8. The molecule has 9 nitrogen and oxygen atoms in total. The van der Waals surface area contributed by atoms with Crippen molar-refractivity contribution in [2.75, 3.05) is 32.8 Å². The summed E-state index contributed by atoms with van der Waals surface area (Å²) in [5.41, 5.74) is 6.36. The topological polar surface area (TPSA) is 117 Å². The number of hydrogen-bond acceptors (Lipinski definition) is 9. The van der Waals surface area contributed by atoms with Crippen LogP contribution in [0, 0.1) is 18.3 Å². The Morgan fingerprint density at radius 3 is 2.68 bits per heavy atom. The molecule has 0 unspecified atom stereocenters. The first-order valence-corrected chi connectivity index (χ1v) is 17.5. The molecule has 50 heavy (non-hydrogen) atoms. The van der Waals surface area contributed by atoms with E-state index in [9.17, 15) is 15.2 Å². The Bertz CT molecular complexity index is 1790. The molecule has 0 aliphatic carbocycles. The number of aromatic nitrogens is 1. The Hall–Kier alpha value is -4.46. The van der Waals surface area contributed by atoms with E-state index in [1.807, 2.05) is 36.4 Å². The van der Waals surface area contributed by atoms with Crippen LogP contribution < -0.4 is 19.5 Å². The molecular weight excluding hydrogens is 652 g/mol. The SMILES string of the molecule is CC(=O)CCCNCc1cc(Cl)c(OCc2cccc(-c3cccc(OCCCN4CC[C@@H](O)C4)c3)c2C)cc1OCc1cncc(C#N)c1. The van der Waals surface area contributed by atoms with Crippen molar-refractivity contribution in [3.8, 4) is 34.4 Å². The Morgan fingerprint density at radius 2 is 1.88 bits per heavy atom. The van der Waals surface area contributed by atoms with Gasteiger partial charge in [0.05, 0.1) is 23.3 Å². The van der Waals surface area contributed by atoms with Crippen LogP contribution in [0.2, 0.25) is 5.02 Å². The fourth-order valence-electron chi connectivity index (χ4n) is 5.99. The number of carbonyl (C=O) groups excluding carboxylic acids is 1. The minimum atomic E-state index is -0.201. The molecule has 5 rings (SSSR count). The summed E-state index contributed by atoms with van der Waals surface area (Å²) in [5.74, 6) is 2.09. The number of nitriles is 1. The molecule has 3 aromatic carbocycles. The fraction of sp³-hybridized carbons (Fsp3) is 0.375. The molecule has 2 heterocycles. The van der Waals surface area contributed by atoms with E-state index in [4.69, 9.17) is 25.8 Å². The third-order valence-corrected chi connectivity index (χ3v) is 9.04. The lowest BCUT2D eigenvalue weighted by Gasteiger charge is -2.17. The Kier molecular flexibility index (Phi) is 13.6. The number of β-amino-alcohol motifs (C(OH)–C–C–N with tert-alkyl or cyclic N) is 1. The summed E-state index contributed by atoms with van der Waals surface area (Å²) in [7, 11) is 0. The van der Waals surface area contributed by atoms with Crippen LogP contribution in [-0.2, 0) is 24.6 Å². The van der Waals surface area contributed by atoms with Crippen molar-refractivity contribution >= 4 is 17.4 Å². The second-order valence-electron chi connectivity index (χ2n) is 12.7. The molecule has 2 N–H and O–H groups in total. The smallest absolute Gasteiger partial charge is 0.142 e. The number of aliphatic hydroxyl groups is 1. The highest BCUT2D eigenvalue weighted by Gasteiger charge is 2.19. The highest BCUT2D eigenvalue weighted by atomic mass is 35.5. The number of rotatable bonds is 18. The summed E-state index contributed by atoms with van der Waals surface area (Å²) in [5, 5.41) is 22.9. The number of benzene rings is 3. The number of pyridine rings is 1. The number of ether oxygens (including phenoxy) is 3. The first kappa shape index (κ1) is 36.8. The molecule has 0 spiro atoms. The van der Waals surface area contributed by atoms with Crippen molar-refractivity contribution in [3.05, 3.63) is 106 Å². The molecule has 0 amide bonds. The monoisotopic (exact) mass is 696 g/mol. The quantitative estimate of drug-likeness (QED) is 0.106. The van der Waals surface area contributed by atoms with Crippen LogP contribution in [-0.4, -0.2) is 59.7 Å². The largest absolute Gasteiger partial charge is 0.494 e. The van der Waals surface area contributed by atoms with Crippen LogP contribution in [0.25, 0.3) is 11.1 Å². The zero-order valence-corrected chi connectivity index (χ0v) is 29.5. The molecular formula is C40H45ClN4O5. The maximum atomic E-state index is 11.3. The van der Waals surface area contributed by atoms with Crippen LogP contribution in [0.5, 0.6) is 17.2 Å². The van der Waals surface area contributed by atoms with Gasteiger partial charge < -0.3 is 34.3 Å².